The van der Waals surface area contributed by atoms with Crippen molar-refractivity contribution in [3.63, 3.8) is 0 Å². The summed E-state index contributed by atoms with van der Waals surface area (Å²) in [4.78, 5) is 12.5. The van der Waals surface area contributed by atoms with Crippen molar-refractivity contribution in [2.24, 2.45) is 0 Å². The van der Waals surface area contributed by atoms with Crippen molar-refractivity contribution in [1.29, 1.82) is 0 Å². The van der Waals surface area contributed by atoms with Gasteiger partial charge in [0.15, 0.2) is 0 Å². The Morgan fingerprint density at radius 1 is 1.40 bits per heavy atom. The molecule has 0 unspecified atom stereocenters. The van der Waals surface area contributed by atoms with E-state index in [1.165, 1.54) is 17.3 Å². The van der Waals surface area contributed by atoms with Crippen LogP contribution in [-0.4, -0.2) is 17.8 Å². The molecule has 82 valence electrons. The van der Waals surface area contributed by atoms with Gasteiger partial charge in [0.25, 0.3) is 0 Å². The lowest BCUT2D eigenvalue weighted by molar-refractivity contribution is -0.142. The Morgan fingerprint density at radius 3 is 2.53 bits per heavy atom. The van der Waals surface area contributed by atoms with Crippen molar-refractivity contribution in [3.8, 4) is 0 Å². The Morgan fingerprint density at radius 2 is 2.00 bits per heavy atom. The molecule has 15 heavy (non-hydrogen) atoms. The van der Waals surface area contributed by atoms with Gasteiger partial charge in [-0.25, -0.2) is 0 Å². The third-order valence-corrected chi connectivity index (χ3v) is 3.04. The normalized spacial score (nSPS) is 12.2. The first kappa shape index (κ1) is 12.1. The maximum Gasteiger partial charge on any atom is 0.319 e. The van der Waals surface area contributed by atoms with Gasteiger partial charge in [0.05, 0.1) is 6.61 Å². The van der Waals surface area contributed by atoms with Gasteiger partial charge >= 0.3 is 5.97 Å². The third kappa shape index (κ3) is 3.96. The van der Waals surface area contributed by atoms with Gasteiger partial charge in [0, 0.05) is 4.90 Å². The lowest BCUT2D eigenvalue weighted by Gasteiger charge is -2.09. The van der Waals surface area contributed by atoms with Crippen LogP contribution in [0.15, 0.2) is 29.2 Å². The van der Waals surface area contributed by atoms with E-state index in [0.717, 1.165) is 4.90 Å². The summed E-state index contributed by atoms with van der Waals surface area (Å²) in [5, 5.41) is -0.146. The summed E-state index contributed by atoms with van der Waals surface area (Å²) in [6, 6.07) is 8.13. The van der Waals surface area contributed by atoms with Gasteiger partial charge in [0.2, 0.25) is 0 Å². The lowest BCUT2D eigenvalue weighted by Crippen LogP contribution is -2.16. The highest BCUT2D eigenvalue weighted by Gasteiger charge is 2.14. The highest BCUT2D eigenvalue weighted by molar-refractivity contribution is 8.00. The minimum absolute atomic E-state index is 0.146. The van der Waals surface area contributed by atoms with Crippen LogP contribution in [0.1, 0.15) is 19.4 Å². The van der Waals surface area contributed by atoms with E-state index >= 15 is 0 Å². The zero-order valence-electron chi connectivity index (χ0n) is 9.32. The predicted molar refractivity (Wildman–Crippen MR) is 63.1 cm³/mol. The zero-order valence-corrected chi connectivity index (χ0v) is 10.1. The SMILES string of the molecule is CCOC(=O)[C@@H](C)Sc1ccc(C)cc1. The number of thioether (sulfide) groups is 1. The Bertz CT molecular complexity index is 319. The summed E-state index contributed by atoms with van der Waals surface area (Å²) in [6.45, 7) is 6.17. The summed E-state index contributed by atoms with van der Waals surface area (Å²) in [7, 11) is 0. The Labute approximate surface area is 95.0 Å². The van der Waals surface area contributed by atoms with Gasteiger partial charge in [-0.05, 0) is 32.9 Å². The minimum Gasteiger partial charge on any atom is -0.465 e. The van der Waals surface area contributed by atoms with Crippen molar-refractivity contribution in [3.05, 3.63) is 29.8 Å². The molecular weight excluding hydrogens is 208 g/mol. The number of rotatable bonds is 4. The van der Waals surface area contributed by atoms with Crippen molar-refractivity contribution in [1.82, 2.24) is 0 Å². The van der Waals surface area contributed by atoms with Crippen molar-refractivity contribution in [2.75, 3.05) is 6.61 Å². The quantitative estimate of drug-likeness (QED) is 0.581. The van der Waals surface area contributed by atoms with E-state index in [-0.39, 0.29) is 11.2 Å². The molecule has 0 bridgehead atoms. The number of carbonyl (C=O) groups is 1. The first-order valence-electron chi connectivity index (χ1n) is 5.03. The van der Waals surface area contributed by atoms with Gasteiger partial charge in [-0.2, -0.15) is 0 Å². The highest BCUT2D eigenvalue weighted by atomic mass is 32.2. The monoisotopic (exact) mass is 224 g/mol. The minimum atomic E-state index is -0.150. The molecule has 0 radical (unpaired) electrons. The number of benzene rings is 1. The molecule has 0 amide bonds. The second kappa shape index (κ2) is 5.81. The third-order valence-electron chi connectivity index (χ3n) is 1.95. The fourth-order valence-electron chi connectivity index (χ4n) is 1.13. The van der Waals surface area contributed by atoms with E-state index in [9.17, 15) is 4.79 Å². The molecule has 0 aliphatic rings. The molecule has 1 aromatic carbocycles. The lowest BCUT2D eigenvalue weighted by atomic mass is 10.2. The van der Waals surface area contributed by atoms with Crippen LogP contribution in [0.5, 0.6) is 0 Å². The van der Waals surface area contributed by atoms with E-state index in [1.54, 1.807) is 0 Å². The number of ether oxygens (including phenoxy) is 1. The first-order valence-corrected chi connectivity index (χ1v) is 5.91. The van der Waals surface area contributed by atoms with Gasteiger partial charge in [-0.15, -0.1) is 11.8 Å². The van der Waals surface area contributed by atoms with Crippen molar-refractivity contribution < 1.29 is 9.53 Å². The molecule has 1 aromatic rings. The van der Waals surface area contributed by atoms with Crippen LogP contribution < -0.4 is 0 Å². The molecule has 0 saturated carbocycles. The van der Waals surface area contributed by atoms with E-state index in [1.807, 2.05) is 45.0 Å². The molecular formula is C12H16O2S. The molecule has 0 N–H and O–H groups in total. The van der Waals surface area contributed by atoms with Crippen molar-refractivity contribution >= 4 is 17.7 Å². The molecule has 0 fully saturated rings. The topological polar surface area (TPSA) is 26.3 Å². The van der Waals surface area contributed by atoms with Crippen LogP contribution in [0.25, 0.3) is 0 Å². The van der Waals surface area contributed by atoms with E-state index in [4.69, 9.17) is 4.74 Å². The summed E-state index contributed by atoms with van der Waals surface area (Å²) in [5.74, 6) is -0.150. The van der Waals surface area contributed by atoms with Crippen molar-refractivity contribution in [2.45, 2.75) is 30.9 Å². The molecule has 0 aromatic heterocycles. The molecule has 3 heteroatoms. The molecule has 0 heterocycles. The van der Waals surface area contributed by atoms with Gasteiger partial charge < -0.3 is 4.74 Å². The number of hydrogen-bond donors (Lipinski definition) is 0. The summed E-state index contributed by atoms with van der Waals surface area (Å²) < 4.78 is 4.94. The second-order valence-corrected chi connectivity index (χ2v) is 4.74. The van der Waals surface area contributed by atoms with Gasteiger partial charge in [-0.1, -0.05) is 17.7 Å². The molecule has 0 saturated heterocycles. The summed E-state index contributed by atoms with van der Waals surface area (Å²) in [5.41, 5.74) is 1.23. The van der Waals surface area contributed by atoms with Crippen LogP contribution in [0, 0.1) is 6.92 Å². The number of aryl methyl sites for hydroxylation is 1. The zero-order chi connectivity index (χ0) is 11.3. The smallest absolute Gasteiger partial charge is 0.319 e. The summed E-state index contributed by atoms with van der Waals surface area (Å²) in [6.07, 6.45) is 0. The fraction of sp³-hybridized carbons (Fsp3) is 0.417. The average Bonchev–Trinajstić information content (AvgIpc) is 2.22. The van der Waals surface area contributed by atoms with Crippen LogP contribution in [0.2, 0.25) is 0 Å². The molecule has 0 aliphatic carbocycles. The maximum atomic E-state index is 11.4. The second-order valence-electron chi connectivity index (χ2n) is 3.33. The molecule has 1 atom stereocenters. The van der Waals surface area contributed by atoms with Crippen LogP contribution in [0.3, 0.4) is 0 Å². The number of hydrogen-bond acceptors (Lipinski definition) is 3. The number of carbonyl (C=O) groups excluding carboxylic acids is 1. The standard InChI is InChI=1S/C12H16O2S/c1-4-14-12(13)10(3)15-11-7-5-9(2)6-8-11/h5-8,10H,4H2,1-3H3/t10-/m1/s1. The van der Waals surface area contributed by atoms with Crippen LogP contribution in [0.4, 0.5) is 0 Å². The maximum absolute atomic E-state index is 11.4. The van der Waals surface area contributed by atoms with E-state index in [0.29, 0.717) is 6.61 Å². The summed E-state index contributed by atoms with van der Waals surface area (Å²) >= 11 is 1.53. The van der Waals surface area contributed by atoms with Gasteiger partial charge in [0.1, 0.15) is 5.25 Å². The molecule has 2 nitrogen and oxygen atoms in total. The largest absolute Gasteiger partial charge is 0.465 e. The van der Waals surface area contributed by atoms with Crippen LogP contribution in [-0.2, 0) is 9.53 Å². The Balaban J connectivity index is 2.54. The van der Waals surface area contributed by atoms with E-state index in [2.05, 4.69) is 0 Å². The van der Waals surface area contributed by atoms with Crippen LogP contribution >= 0.6 is 11.8 Å². The highest BCUT2D eigenvalue weighted by Crippen LogP contribution is 2.24. The Kier molecular flexibility index (Phi) is 4.69. The molecule has 1 rings (SSSR count). The fourth-order valence-corrected chi connectivity index (χ4v) is 1.99. The van der Waals surface area contributed by atoms with E-state index < -0.39 is 0 Å². The first-order chi connectivity index (χ1) is 7.13. The predicted octanol–water partition coefficient (Wildman–Crippen LogP) is 3.04. The Hall–Kier alpha value is -0.960. The molecule has 0 spiro atoms. The average molecular weight is 224 g/mol. The molecule has 0 aliphatic heterocycles. The van der Waals surface area contributed by atoms with Gasteiger partial charge in [-0.3, -0.25) is 4.79 Å². The number of esters is 1.